The van der Waals surface area contributed by atoms with Gasteiger partial charge in [0, 0.05) is 11.2 Å². The Bertz CT molecular complexity index is 534. The van der Waals surface area contributed by atoms with Gasteiger partial charge in [0.25, 0.3) is 0 Å². The second-order valence-corrected chi connectivity index (χ2v) is 6.13. The summed E-state index contributed by atoms with van der Waals surface area (Å²) in [6, 6.07) is 6.81. The number of hydrogen-bond donors (Lipinski definition) is 2. The van der Waals surface area contributed by atoms with Gasteiger partial charge in [-0.05, 0) is 39.3 Å². The third-order valence-electron chi connectivity index (χ3n) is 3.21. The van der Waals surface area contributed by atoms with E-state index >= 15 is 0 Å². The maximum atomic E-state index is 12.4. The Morgan fingerprint density at radius 1 is 1.35 bits per heavy atom. The quantitative estimate of drug-likeness (QED) is 0.763. The van der Waals surface area contributed by atoms with Gasteiger partial charge in [0.05, 0.1) is 6.54 Å². The van der Waals surface area contributed by atoms with Crippen LogP contribution in [0.2, 0.25) is 0 Å². The summed E-state index contributed by atoms with van der Waals surface area (Å²) in [5.74, 6) is -0.168. The van der Waals surface area contributed by atoms with E-state index in [2.05, 4.69) is 10.6 Å². The Labute approximate surface area is 119 Å². The van der Waals surface area contributed by atoms with Crippen molar-refractivity contribution in [2.24, 2.45) is 0 Å². The first kappa shape index (κ1) is 14.4. The Balaban J connectivity index is 2.29. The lowest BCUT2D eigenvalue weighted by Crippen LogP contribution is -2.52. The van der Waals surface area contributed by atoms with E-state index in [9.17, 15) is 9.59 Å². The Morgan fingerprint density at radius 3 is 2.65 bits per heavy atom. The predicted octanol–water partition coefficient (Wildman–Crippen LogP) is 2.34. The smallest absolute Gasteiger partial charge is 0.318 e. The van der Waals surface area contributed by atoms with Crippen LogP contribution in [0.4, 0.5) is 10.5 Å². The van der Waals surface area contributed by atoms with Crippen LogP contribution < -0.4 is 10.6 Å². The Morgan fingerprint density at radius 2 is 2.00 bits per heavy atom. The molecule has 0 radical (unpaired) electrons. The number of rotatable bonds is 0. The highest BCUT2D eigenvalue weighted by atomic mass is 16.2. The molecule has 5 nitrogen and oxygen atoms in total. The van der Waals surface area contributed by atoms with Gasteiger partial charge in [-0.1, -0.05) is 18.2 Å². The number of para-hydroxylation sites is 1. The summed E-state index contributed by atoms with van der Waals surface area (Å²) in [5, 5.41) is 5.76. The minimum absolute atomic E-state index is 0.168. The van der Waals surface area contributed by atoms with Crippen LogP contribution in [0.25, 0.3) is 0 Å². The molecule has 1 atom stereocenters. The number of urea groups is 1. The zero-order chi connectivity index (χ0) is 14.9. The van der Waals surface area contributed by atoms with Gasteiger partial charge >= 0.3 is 6.03 Å². The number of nitrogens with zero attached hydrogens (tertiary/aromatic N) is 1. The molecule has 5 heteroatoms. The number of amides is 3. The maximum Gasteiger partial charge on any atom is 0.318 e. The molecule has 0 aliphatic carbocycles. The molecule has 1 aliphatic rings. The van der Waals surface area contributed by atoms with E-state index in [1.165, 1.54) is 0 Å². The van der Waals surface area contributed by atoms with Crippen molar-refractivity contribution in [3.05, 3.63) is 29.8 Å². The summed E-state index contributed by atoms with van der Waals surface area (Å²) in [7, 11) is 0. The molecular formula is C15H21N3O2. The lowest BCUT2D eigenvalue weighted by atomic mass is 10.1. The summed E-state index contributed by atoms with van der Waals surface area (Å²) in [4.78, 5) is 26.1. The van der Waals surface area contributed by atoms with Gasteiger partial charge in [0.2, 0.25) is 5.91 Å². The standard InChI is InChI=1S/C15H21N3O2/c1-10-13(19)16-12-8-6-5-7-11(12)9-18(10)14(20)17-15(2,3)4/h5-8,10H,9H2,1-4H3,(H,16,19)(H,17,20). The largest absolute Gasteiger partial charge is 0.333 e. The van der Waals surface area contributed by atoms with Crippen molar-refractivity contribution in [2.45, 2.75) is 45.8 Å². The van der Waals surface area contributed by atoms with E-state index in [1.807, 2.05) is 45.0 Å². The first-order valence-electron chi connectivity index (χ1n) is 6.75. The van der Waals surface area contributed by atoms with Crippen LogP contribution >= 0.6 is 0 Å². The van der Waals surface area contributed by atoms with Crippen LogP contribution in [-0.2, 0) is 11.3 Å². The number of benzene rings is 1. The normalized spacial score (nSPS) is 18.9. The zero-order valence-electron chi connectivity index (χ0n) is 12.4. The van der Waals surface area contributed by atoms with Gasteiger partial charge in [-0.3, -0.25) is 4.79 Å². The first-order chi connectivity index (χ1) is 9.28. The van der Waals surface area contributed by atoms with Gasteiger partial charge in [-0.25, -0.2) is 4.79 Å². The monoisotopic (exact) mass is 275 g/mol. The van der Waals surface area contributed by atoms with Crippen molar-refractivity contribution in [3.63, 3.8) is 0 Å². The number of carbonyl (C=O) groups is 2. The fraction of sp³-hybridized carbons (Fsp3) is 0.467. The predicted molar refractivity (Wildman–Crippen MR) is 78.4 cm³/mol. The molecule has 2 N–H and O–H groups in total. The number of fused-ring (bicyclic) bond motifs is 1. The molecule has 1 aromatic rings. The van der Waals surface area contributed by atoms with Gasteiger partial charge < -0.3 is 15.5 Å². The summed E-state index contributed by atoms with van der Waals surface area (Å²) in [6.07, 6.45) is 0. The van der Waals surface area contributed by atoms with E-state index in [4.69, 9.17) is 0 Å². The van der Waals surface area contributed by atoms with Crippen LogP contribution in [-0.4, -0.2) is 28.4 Å². The maximum absolute atomic E-state index is 12.4. The van der Waals surface area contributed by atoms with Gasteiger partial charge in [0.1, 0.15) is 6.04 Å². The van der Waals surface area contributed by atoms with E-state index in [0.717, 1.165) is 11.3 Å². The zero-order valence-corrected chi connectivity index (χ0v) is 12.4. The van der Waals surface area contributed by atoms with Crippen molar-refractivity contribution < 1.29 is 9.59 Å². The molecular weight excluding hydrogens is 254 g/mol. The molecule has 1 aromatic carbocycles. The Kier molecular flexibility index (Phi) is 3.70. The molecule has 1 unspecified atom stereocenters. The van der Waals surface area contributed by atoms with Gasteiger partial charge in [-0.15, -0.1) is 0 Å². The summed E-state index contributed by atoms with van der Waals surface area (Å²) in [5.41, 5.74) is 1.38. The molecule has 0 aromatic heterocycles. The lowest BCUT2D eigenvalue weighted by molar-refractivity contribution is -0.119. The van der Waals surface area contributed by atoms with Crippen LogP contribution in [0.15, 0.2) is 24.3 Å². The minimum atomic E-state index is -0.509. The average molecular weight is 275 g/mol. The van der Waals surface area contributed by atoms with Crippen molar-refractivity contribution >= 4 is 17.6 Å². The van der Waals surface area contributed by atoms with Crippen LogP contribution in [0.1, 0.15) is 33.3 Å². The summed E-state index contributed by atoms with van der Waals surface area (Å²) >= 11 is 0. The van der Waals surface area contributed by atoms with Crippen LogP contribution in [0, 0.1) is 0 Å². The van der Waals surface area contributed by atoms with Crippen LogP contribution in [0.3, 0.4) is 0 Å². The summed E-state index contributed by atoms with van der Waals surface area (Å²) < 4.78 is 0. The molecule has 20 heavy (non-hydrogen) atoms. The first-order valence-corrected chi connectivity index (χ1v) is 6.75. The molecule has 0 saturated carbocycles. The minimum Gasteiger partial charge on any atom is -0.333 e. The SMILES string of the molecule is CC1C(=O)Nc2ccccc2CN1C(=O)NC(C)(C)C. The van der Waals surface area contributed by atoms with Crippen molar-refractivity contribution in [1.29, 1.82) is 0 Å². The van der Waals surface area contributed by atoms with Crippen LogP contribution in [0.5, 0.6) is 0 Å². The van der Waals surface area contributed by atoms with E-state index in [0.29, 0.717) is 6.54 Å². The molecule has 0 saturated heterocycles. The number of anilines is 1. The number of hydrogen-bond acceptors (Lipinski definition) is 2. The fourth-order valence-electron chi connectivity index (χ4n) is 2.12. The van der Waals surface area contributed by atoms with Gasteiger partial charge in [-0.2, -0.15) is 0 Å². The molecule has 108 valence electrons. The highest BCUT2D eigenvalue weighted by Gasteiger charge is 2.31. The third-order valence-corrected chi connectivity index (χ3v) is 3.21. The average Bonchev–Trinajstić information content (AvgIpc) is 2.46. The highest BCUT2D eigenvalue weighted by molar-refractivity contribution is 5.98. The highest BCUT2D eigenvalue weighted by Crippen LogP contribution is 2.23. The molecule has 1 aliphatic heterocycles. The molecule has 3 amide bonds. The number of nitrogens with one attached hydrogen (secondary N) is 2. The number of carbonyl (C=O) groups excluding carboxylic acids is 2. The summed E-state index contributed by atoms with van der Waals surface area (Å²) in [6.45, 7) is 7.91. The molecule has 0 fully saturated rings. The molecule has 2 rings (SSSR count). The van der Waals surface area contributed by atoms with Gasteiger partial charge in [0.15, 0.2) is 0 Å². The van der Waals surface area contributed by atoms with Crippen molar-refractivity contribution in [3.8, 4) is 0 Å². The van der Waals surface area contributed by atoms with E-state index in [1.54, 1.807) is 11.8 Å². The second kappa shape index (κ2) is 5.15. The fourth-order valence-corrected chi connectivity index (χ4v) is 2.12. The third kappa shape index (κ3) is 3.10. The second-order valence-electron chi connectivity index (χ2n) is 6.13. The van der Waals surface area contributed by atoms with E-state index < -0.39 is 6.04 Å². The topological polar surface area (TPSA) is 61.4 Å². The molecule has 0 bridgehead atoms. The van der Waals surface area contributed by atoms with Crippen molar-refractivity contribution in [1.82, 2.24) is 10.2 Å². The Hall–Kier alpha value is -2.04. The lowest BCUT2D eigenvalue weighted by Gasteiger charge is -2.30. The van der Waals surface area contributed by atoms with Crippen molar-refractivity contribution in [2.75, 3.05) is 5.32 Å². The molecule has 0 spiro atoms. The molecule has 1 heterocycles. The van der Waals surface area contributed by atoms with E-state index in [-0.39, 0.29) is 17.5 Å².